The molecule has 0 bridgehead atoms. The SMILES string of the molecule is COc1ccccc1NC(=O)COc1ccc(C=C(C#N)C(=O)Nc2ccccc2)cc1OC. The van der Waals surface area contributed by atoms with E-state index in [1.807, 2.05) is 12.1 Å². The molecule has 0 saturated heterocycles. The Morgan fingerprint density at radius 1 is 0.882 bits per heavy atom. The zero-order valence-electron chi connectivity index (χ0n) is 18.7. The van der Waals surface area contributed by atoms with Gasteiger partial charge in [-0.15, -0.1) is 0 Å². The van der Waals surface area contributed by atoms with Crippen LogP contribution in [0.4, 0.5) is 11.4 Å². The van der Waals surface area contributed by atoms with Crippen LogP contribution in [0, 0.1) is 11.3 Å². The molecule has 0 aliphatic carbocycles. The largest absolute Gasteiger partial charge is 0.495 e. The van der Waals surface area contributed by atoms with E-state index >= 15 is 0 Å². The molecule has 172 valence electrons. The molecule has 2 N–H and O–H groups in total. The smallest absolute Gasteiger partial charge is 0.266 e. The molecule has 0 radical (unpaired) electrons. The van der Waals surface area contributed by atoms with Crippen LogP contribution in [0.2, 0.25) is 0 Å². The van der Waals surface area contributed by atoms with Gasteiger partial charge in [0.05, 0.1) is 19.9 Å². The summed E-state index contributed by atoms with van der Waals surface area (Å²) in [6.07, 6.45) is 1.44. The summed E-state index contributed by atoms with van der Waals surface area (Å²) in [5, 5.41) is 14.8. The van der Waals surface area contributed by atoms with E-state index < -0.39 is 5.91 Å². The molecule has 8 heteroatoms. The van der Waals surface area contributed by atoms with Crippen LogP contribution >= 0.6 is 0 Å². The van der Waals surface area contributed by atoms with Gasteiger partial charge in [-0.1, -0.05) is 36.4 Å². The third-order valence-corrected chi connectivity index (χ3v) is 4.64. The Kier molecular flexibility index (Phi) is 8.25. The number of amides is 2. The number of hydrogen-bond acceptors (Lipinski definition) is 6. The zero-order chi connectivity index (χ0) is 24.3. The van der Waals surface area contributed by atoms with Gasteiger partial charge in [0, 0.05) is 5.69 Å². The molecule has 0 spiro atoms. The second kappa shape index (κ2) is 11.7. The van der Waals surface area contributed by atoms with Crippen molar-refractivity contribution in [3.63, 3.8) is 0 Å². The molecule has 0 unspecified atom stereocenters. The van der Waals surface area contributed by atoms with Crippen LogP contribution in [-0.2, 0) is 9.59 Å². The van der Waals surface area contributed by atoms with Crippen molar-refractivity contribution >= 4 is 29.3 Å². The molecule has 0 aliphatic rings. The van der Waals surface area contributed by atoms with Crippen LogP contribution in [0.5, 0.6) is 17.2 Å². The van der Waals surface area contributed by atoms with Crippen LogP contribution in [0.3, 0.4) is 0 Å². The monoisotopic (exact) mass is 457 g/mol. The molecule has 34 heavy (non-hydrogen) atoms. The highest BCUT2D eigenvalue weighted by Gasteiger charge is 2.13. The summed E-state index contributed by atoms with van der Waals surface area (Å²) in [6, 6.07) is 22.7. The van der Waals surface area contributed by atoms with Gasteiger partial charge in [-0.3, -0.25) is 9.59 Å². The van der Waals surface area contributed by atoms with Gasteiger partial charge in [-0.25, -0.2) is 0 Å². The van der Waals surface area contributed by atoms with E-state index in [1.165, 1.54) is 20.3 Å². The van der Waals surface area contributed by atoms with Crippen molar-refractivity contribution in [3.05, 3.63) is 83.9 Å². The number of benzene rings is 3. The minimum atomic E-state index is -0.527. The van der Waals surface area contributed by atoms with E-state index in [0.29, 0.717) is 34.2 Å². The number of nitrogens with one attached hydrogen (secondary N) is 2. The molecule has 3 aromatic carbocycles. The Labute approximate surface area is 197 Å². The predicted molar refractivity (Wildman–Crippen MR) is 129 cm³/mol. The molecule has 3 aromatic rings. The lowest BCUT2D eigenvalue weighted by Gasteiger charge is -2.13. The molecule has 0 heterocycles. The van der Waals surface area contributed by atoms with Crippen molar-refractivity contribution in [2.24, 2.45) is 0 Å². The molecule has 0 fully saturated rings. The maximum atomic E-state index is 12.4. The number of ether oxygens (including phenoxy) is 3. The Morgan fingerprint density at radius 2 is 1.59 bits per heavy atom. The summed E-state index contributed by atoms with van der Waals surface area (Å²) in [5.41, 5.74) is 1.60. The van der Waals surface area contributed by atoms with Gasteiger partial charge in [-0.05, 0) is 48.0 Å². The van der Waals surface area contributed by atoms with Crippen LogP contribution in [0.25, 0.3) is 6.08 Å². The van der Waals surface area contributed by atoms with Gasteiger partial charge in [0.2, 0.25) is 0 Å². The van der Waals surface area contributed by atoms with Gasteiger partial charge in [0.15, 0.2) is 18.1 Å². The van der Waals surface area contributed by atoms with Crippen molar-refractivity contribution in [2.45, 2.75) is 0 Å². The molecular formula is C26H23N3O5. The first-order valence-corrected chi connectivity index (χ1v) is 10.3. The lowest BCUT2D eigenvalue weighted by atomic mass is 10.1. The van der Waals surface area contributed by atoms with Crippen LogP contribution in [0.1, 0.15) is 5.56 Å². The Bertz CT molecular complexity index is 1230. The highest BCUT2D eigenvalue weighted by Crippen LogP contribution is 2.29. The topological polar surface area (TPSA) is 110 Å². The maximum Gasteiger partial charge on any atom is 0.266 e. The summed E-state index contributed by atoms with van der Waals surface area (Å²) in [7, 11) is 2.98. The average Bonchev–Trinajstić information content (AvgIpc) is 2.87. The Hall–Kier alpha value is -4.77. The van der Waals surface area contributed by atoms with Crippen molar-refractivity contribution in [3.8, 4) is 23.3 Å². The fourth-order valence-corrected chi connectivity index (χ4v) is 3.01. The molecule has 3 rings (SSSR count). The minimum absolute atomic E-state index is 0.0734. The van der Waals surface area contributed by atoms with Crippen molar-refractivity contribution < 1.29 is 23.8 Å². The van der Waals surface area contributed by atoms with Gasteiger partial charge < -0.3 is 24.8 Å². The molecular weight excluding hydrogens is 434 g/mol. The molecule has 8 nitrogen and oxygen atoms in total. The third kappa shape index (κ3) is 6.37. The van der Waals surface area contributed by atoms with Gasteiger partial charge in [-0.2, -0.15) is 5.26 Å². The number of carbonyl (C=O) groups excluding carboxylic acids is 2. The second-order valence-electron chi connectivity index (χ2n) is 6.94. The number of rotatable bonds is 9. The standard InChI is InChI=1S/C26H23N3O5/c1-32-22-11-7-6-10-21(22)29-25(30)17-34-23-13-12-18(15-24(23)33-2)14-19(16-27)26(31)28-20-8-4-3-5-9-20/h3-15H,17H2,1-2H3,(H,28,31)(H,29,30). The number of nitrogens with zero attached hydrogens (tertiary/aromatic N) is 1. The second-order valence-corrected chi connectivity index (χ2v) is 6.94. The summed E-state index contributed by atoms with van der Waals surface area (Å²) < 4.78 is 16.2. The van der Waals surface area contributed by atoms with Crippen molar-refractivity contribution in [1.29, 1.82) is 5.26 Å². The summed E-state index contributed by atoms with van der Waals surface area (Å²) in [6.45, 7) is -0.257. The van der Waals surface area contributed by atoms with Crippen LogP contribution in [0.15, 0.2) is 78.4 Å². The van der Waals surface area contributed by atoms with E-state index in [9.17, 15) is 14.9 Å². The summed E-state index contributed by atoms with van der Waals surface area (Å²) >= 11 is 0. The molecule has 0 aliphatic heterocycles. The highest BCUT2D eigenvalue weighted by molar-refractivity contribution is 6.09. The number of anilines is 2. The fourth-order valence-electron chi connectivity index (χ4n) is 3.01. The normalized spacial score (nSPS) is 10.6. The zero-order valence-corrected chi connectivity index (χ0v) is 18.7. The van der Waals surface area contributed by atoms with Gasteiger partial charge >= 0.3 is 0 Å². The summed E-state index contributed by atoms with van der Waals surface area (Å²) in [4.78, 5) is 24.7. The predicted octanol–water partition coefficient (Wildman–Crippen LogP) is 4.27. The Morgan fingerprint density at radius 3 is 2.29 bits per heavy atom. The first kappa shape index (κ1) is 23.9. The van der Waals surface area contributed by atoms with E-state index in [0.717, 1.165) is 0 Å². The summed E-state index contributed by atoms with van der Waals surface area (Å²) in [5.74, 6) is 0.316. The fraction of sp³-hybridized carbons (Fsp3) is 0.115. The van der Waals surface area contributed by atoms with Gasteiger partial charge in [0.1, 0.15) is 17.4 Å². The lowest BCUT2D eigenvalue weighted by molar-refractivity contribution is -0.118. The highest BCUT2D eigenvalue weighted by atomic mass is 16.5. The number of methoxy groups -OCH3 is 2. The average molecular weight is 457 g/mol. The molecule has 0 aromatic heterocycles. The van der Waals surface area contributed by atoms with Crippen molar-refractivity contribution in [1.82, 2.24) is 0 Å². The van der Waals surface area contributed by atoms with E-state index in [1.54, 1.807) is 66.7 Å². The number of nitriles is 1. The Balaban J connectivity index is 1.68. The van der Waals surface area contributed by atoms with Gasteiger partial charge in [0.25, 0.3) is 11.8 Å². The van der Waals surface area contributed by atoms with E-state index in [4.69, 9.17) is 14.2 Å². The lowest BCUT2D eigenvalue weighted by Crippen LogP contribution is -2.20. The number of para-hydroxylation sites is 3. The quantitative estimate of drug-likeness (QED) is 0.367. The third-order valence-electron chi connectivity index (χ3n) is 4.64. The van der Waals surface area contributed by atoms with Crippen LogP contribution in [-0.4, -0.2) is 32.6 Å². The van der Waals surface area contributed by atoms with Crippen LogP contribution < -0.4 is 24.8 Å². The van der Waals surface area contributed by atoms with E-state index in [2.05, 4.69) is 10.6 Å². The minimum Gasteiger partial charge on any atom is -0.495 e. The number of carbonyl (C=O) groups is 2. The maximum absolute atomic E-state index is 12.4. The number of hydrogen-bond donors (Lipinski definition) is 2. The van der Waals surface area contributed by atoms with Crippen molar-refractivity contribution in [2.75, 3.05) is 31.5 Å². The molecule has 0 atom stereocenters. The molecule has 2 amide bonds. The first-order valence-electron chi connectivity index (χ1n) is 10.3. The first-order chi connectivity index (χ1) is 16.5. The van der Waals surface area contributed by atoms with E-state index in [-0.39, 0.29) is 18.1 Å². The molecule has 0 saturated carbocycles.